The number of amides is 1. The number of benzene rings is 1. The van der Waals surface area contributed by atoms with Crippen LogP contribution < -0.4 is 5.32 Å². The summed E-state index contributed by atoms with van der Waals surface area (Å²) in [7, 11) is 0. The Kier molecular flexibility index (Phi) is 5.26. The summed E-state index contributed by atoms with van der Waals surface area (Å²) >= 11 is 4.42. The molecule has 26 heavy (non-hydrogen) atoms. The fourth-order valence-electron chi connectivity index (χ4n) is 3.36. The average molecular weight is 390 g/mol. The lowest BCUT2D eigenvalue weighted by atomic mass is 9.90. The number of halogens is 3. The summed E-state index contributed by atoms with van der Waals surface area (Å²) < 4.78 is 44.6. The van der Waals surface area contributed by atoms with E-state index in [1.807, 2.05) is 12.1 Å². The van der Waals surface area contributed by atoms with Crippen LogP contribution in [0.25, 0.3) is 0 Å². The van der Waals surface area contributed by atoms with E-state index in [1.54, 1.807) is 0 Å². The molecule has 3 rings (SSSR count). The Morgan fingerprint density at radius 1 is 1.42 bits per heavy atom. The highest BCUT2D eigenvalue weighted by Crippen LogP contribution is 2.35. The van der Waals surface area contributed by atoms with Crippen molar-refractivity contribution in [2.75, 3.05) is 26.3 Å². The molecule has 9 heteroatoms. The van der Waals surface area contributed by atoms with Crippen molar-refractivity contribution in [3.05, 3.63) is 28.8 Å². The van der Waals surface area contributed by atoms with Gasteiger partial charge in [0.05, 0.1) is 19.3 Å². The van der Waals surface area contributed by atoms with Crippen LogP contribution in [0.2, 0.25) is 0 Å². The van der Waals surface area contributed by atoms with Gasteiger partial charge < -0.3 is 20.1 Å². The van der Waals surface area contributed by atoms with Crippen molar-refractivity contribution in [1.29, 1.82) is 0 Å². The summed E-state index contributed by atoms with van der Waals surface area (Å²) in [6.07, 6.45) is -4.62. The Morgan fingerprint density at radius 2 is 2.15 bits per heavy atom. The number of rotatable bonds is 2. The number of carbonyl (C=O) groups excluding carboxylic acids is 1. The highest BCUT2D eigenvalue weighted by molar-refractivity contribution is 7.80. The predicted octanol–water partition coefficient (Wildman–Crippen LogP) is 1.83. The average Bonchev–Trinajstić information content (AvgIpc) is 2.59. The Bertz CT molecular complexity index is 703. The molecule has 144 valence electrons. The number of aliphatic hydroxyl groups is 1. The lowest BCUT2D eigenvalue weighted by molar-refractivity contribution is -0.250. The van der Waals surface area contributed by atoms with Gasteiger partial charge >= 0.3 is 6.18 Å². The Morgan fingerprint density at radius 3 is 2.77 bits per heavy atom. The molecule has 1 fully saturated rings. The van der Waals surface area contributed by atoms with Crippen molar-refractivity contribution in [2.45, 2.75) is 42.6 Å². The number of thiol groups is 1. The van der Waals surface area contributed by atoms with Crippen LogP contribution in [-0.4, -0.2) is 54.0 Å². The largest absolute Gasteiger partial charge is 0.426 e. The third-order valence-corrected chi connectivity index (χ3v) is 5.17. The first-order valence-electron chi connectivity index (χ1n) is 8.35. The van der Waals surface area contributed by atoms with Gasteiger partial charge in [-0.3, -0.25) is 4.79 Å². The van der Waals surface area contributed by atoms with E-state index >= 15 is 0 Å². The molecule has 0 bridgehead atoms. The number of ether oxygens (including phenoxy) is 1. The second kappa shape index (κ2) is 7.03. The number of alkyl halides is 3. The van der Waals surface area contributed by atoms with E-state index in [-0.39, 0.29) is 19.1 Å². The van der Waals surface area contributed by atoms with Crippen molar-refractivity contribution < 1.29 is 27.8 Å². The maximum Gasteiger partial charge on any atom is 0.426 e. The molecule has 0 aromatic heterocycles. The molecule has 2 aliphatic rings. The van der Waals surface area contributed by atoms with Gasteiger partial charge in [0.1, 0.15) is 0 Å². The van der Waals surface area contributed by atoms with Crippen LogP contribution in [0.15, 0.2) is 17.0 Å². The molecule has 2 heterocycles. The zero-order valence-electron chi connectivity index (χ0n) is 14.3. The van der Waals surface area contributed by atoms with Gasteiger partial charge in [-0.2, -0.15) is 13.2 Å². The second-order valence-electron chi connectivity index (χ2n) is 6.80. The maximum atomic E-state index is 13.0. The Labute approximate surface area is 154 Å². The van der Waals surface area contributed by atoms with Gasteiger partial charge in [0.2, 0.25) is 5.60 Å². The minimum atomic E-state index is -5.03. The molecule has 5 nitrogen and oxygen atoms in total. The molecule has 1 amide bonds. The summed E-state index contributed by atoms with van der Waals surface area (Å²) in [6.45, 7) is 2.34. The molecular weight excluding hydrogens is 369 g/mol. The molecule has 2 aliphatic heterocycles. The van der Waals surface area contributed by atoms with Crippen LogP contribution >= 0.6 is 12.6 Å². The number of hydrogen-bond acceptors (Lipinski definition) is 5. The van der Waals surface area contributed by atoms with Crippen molar-refractivity contribution in [3.8, 4) is 0 Å². The van der Waals surface area contributed by atoms with Crippen LogP contribution in [0.4, 0.5) is 13.2 Å². The summed E-state index contributed by atoms with van der Waals surface area (Å²) in [5, 5.41) is 13.0. The van der Waals surface area contributed by atoms with Crippen LogP contribution in [0.1, 0.15) is 29.7 Å². The molecule has 2 atom stereocenters. The minimum absolute atomic E-state index is 0.0158. The van der Waals surface area contributed by atoms with Crippen molar-refractivity contribution in [2.24, 2.45) is 0 Å². The van der Waals surface area contributed by atoms with Crippen molar-refractivity contribution in [3.63, 3.8) is 0 Å². The number of carbonyl (C=O) groups is 1. The summed E-state index contributed by atoms with van der Waals surface area (Å²) in [4.78, 5) is 14.2. The molecule has 1 aromatic rings. The number of morpholine rings is 1. The zero-order valence-corrected chi connectivity index (χ0v) is 15.2. The standard InChI is InChI=1S/C17H21F3N2O3S/c1-16(24,17(18,19)20)15(23)22-4-2-10-6-11(26)7-12(13(10)8-22)14-9-25-5-3-21-14/h6-7,14,21,24,26H,2-5,8-9H2,1H3/t14-,16+/m0/s1. The third-order valence-electron chi connectivity index (χ3n) is 4.91. The fourth-order valence-corrected chi connectivity index (χ4v) is 3.65. The number of fused-ring (bicyclic) bond motifs is 1. The summed E-state index contributed by atoms with van der Waals surface area (Å²) in [5.41, 5.74) is -0.782. The summed E-state index contributed by atoms with van der Waals surface area (Å²) in [6, 6.07) is 3.61. The predicted molar refractivity (Wildman–Crippen MR) is 91.1 cm³/mol. The third kappa shape index (κ3) is 3.58. The molecule has 1 saturated heterocycles. The van der Waals surface area contributed by atoms with Crippen LogP contribution in [-0.2, 0) is 22.5 Å². The molecule has 2 N–H and O–H groups in total. The first kappa shape index (κ1) is 19.5. The van der Waals surface area contributed by atoms with Gasteiger partial charge in [0, 0.05) is 24.5 Å². The van der Waals surface area contributed by atoms with Gasteiger partial charge in [0.25, 0.3) is 5.91 Å². The van der Waals surface area contributed by atoms with E-state index in [4.69, 9.17) is 4.74 Å². The van der Waals surface area contributed by atoms with E-state index in [9.17, 15) is 23.1 Å². The maximum absolute atomic E-state index is 13.0. The highest BCUT2D eigenvalue weighted by Gasteiger charge is 2.57. The normalized spacial score (nSPS) is 23.3. The van der Waals surface area contributed by atoms with Gasteiger partial charge in [-0.05, 0) is 42.2 Å². The van der Waals surface area contributed by atoms with E-state index in [1.165, 1.54) is 0 Å². The highest BCUT2D eigenvalue weighted by atomic mass is 32.1. The number of nitrogens with zero attached hydrogens (tertiary/aromatic N) is 1. The molecular formula is C17H21F3N2O3S. The molecule has 0 unspecified atom stereocenters. The number of nitrogens with one attached hydrogen (secondary N) is 1. The van der Waals surface area contributed by atoms with Gasteiger partial charge in [-0.1, -0.05) is 0 Å². The molecule has 1 aromatic carbocycles. The fraction of sp³-hybridized carbons (Fsp3) is 0.588. The van der Waals surface area contributed by atoms with E-state index < -0.39 is 17.7 Å². The SMILES string of the molecule is C[C@@](O)(C(=O)N1CCc2cc(S)cc([C@@H]3COCCN3)c2C1)C(F)(F)F. The molecule has 0 aliphatic carbocycles. The van der Waals surface area contributed by atoms with Gasteiger partial charge in [-0.25, -0.2) is 0 Å². The topological polar surface area (TPSA) is 61.8 Å². The molecule has 0 radical (unpaired) electrons. The quantitative estimate of drug-likeness (QED) is 0.675. The molecule has 0 spiro atoms. The summed E-state index contributed by atoms with van der Waals surface area (Å²) in [5.74, 6) is -1.33. The van der Waals surface area contributed by atoms with E-state index in [0.29, 0.717) is 33.1 Å². The first-order valence-corrected chi connectivity index (χ1v) is 8.80. The minimum Gasteiger partial charge on any atom is -0.378 e. The smallest absolute Gasteiger partial charge is 0.378 e. The zero-order chi connectivity index (χ0) is 19.1. The monoisotopic (exact) mass is 390 g/mol. The van der Waals surface area contributed by atoms with Gasteiger partial charge in [-0.15, -0.1) is 12.6 Å². The Balaban J connectivity index is 1.91. The number of hydrogen-bond donors (Lipinski definition) is 3. The van der Waals surface area contributed by atoms with E-state index in [2.05, 4.69) is 17.9 Å². The lowest BCUT2D eigenvalue weighted by Crippen LogP contribution is -2.56. The van der Waals surface area contributed by atoms with Crippen molar-refractivity contribution >= 4 is 18.5 Å². The van der Waals surface area contributed by atoms with E-state index in [0.717, 1.165) is 26.5 Å². The Hall–Kier alpha value is -1.29. The second-order valence-corrected chi connectivity index (χ2v) is 7.32. The lowest BCUT2D eigenvalue weighted by Gasteiger charge is -2.37. The van der Waals surface area contributed by atoms with Crippen molar-refractivity contribution in [1.82, 2.24) is 10.2 Å². The van der Waals surface area contributed by atoms with Crippen LogP contribution in [0.3, 0.4) is 0 Å². The van der Waals surface area contributed by atoms with Gasteiger partial charge in [0.15, 0.2) is 0 Å². The van der Waals surface area contributed by atoms with Crippen LogP contribution in [0, 0.1) is 0 Å². The van der Waals surface area contributed by atoms with Crippen LogP contribution in [0.5, 0.6) is 0 Å². The molecule has 0 saturated carbocycles. The first-order chi connectivity index (χ1) is 12.1.